The molecule has 204 valence electrons. The first-order valence-corrected chi connectivity index (χ1v) is 14.0. The first kappa shape index (κ1) is 25.8. The van der Waals surface area contributed by atoms with Gasteiger partial charge in [-0.05, 0) is 74.2 Å². The Kier molecular flexibility index (Phi) is 6.85. The van der Waals surface area contributed by atoms with Crippen LogP contribution in [0.5, 0.6) is 11.5 Å². The fourth-order valence-corrected chi connectivity index (χ4v) is 5.30. The second-order valence-corrected chi connectivity index (χ2v) is 11.6. The number of amides is 1. The molecule has 0 fully saturated rings. The molecule has 6 rings (SSSR count). The number of pyridine rings is 2. The zero-order valence-electron chi connectivity index (χ0n) is 22.6. The second-order valence-electron chi connectivity index (χ2n) is 10.6. The number of nitrogens with one attached hydrogen (secondary N) is 2. The molecule has 1 aliphatic heterocycles. The first-order chi connectivity index (χ1) is 19.3. The van der Waals surface area contributed by atoms with E-state index in [-0.39, 0.29) is 6.09 Å². The van der Waals surface area contributed by atoms with Crippen LogP contribution in [0.4, 0.5) is 10.6 Å². The lowest BCUT2D eigenvalue weighted by molar-refractivity contribution is 0.0224. The molecule has 0 spiro atoms. The van der Waals surface area contributed by atoms with Crippen LogP contribution in [0.1, 0.15) is 36.9 Å². The van der Waals surface area contributed by atoms with Crippen molar-refractivity contribution in [3.63, 3.8) is 0 Å². The van der Waals surface area contributed by atoms with Crippen molar-refractivity contribution in [2.45, 2.75) is 45.9 Å². The Labute approximate surface area is 236 Å². The number of H-pyrrole nitrogens is 1. The zero-order valence-corrected chi connectivity index (χ0v) is 23.4. The maximum Gasteiger partial charge on any atom is 0.410 e. The highest BCUT2D eigenvalue weighted by Gasteiger charge is 2.26. The van der Waals surface area contributed by atoms with Crippen LogP contribution in [-0.4, -0.2) is 43.1 Å². The van der Waals surface area contributed by atoms with Crippen molar-refractivity contribution in [2.75, 3.05) is 11.9 Å². The van der Waals surface area contributed by atoms with E-state index >= 15 is 0 Å². The van der Waals surface area contributed by atoms with Crippen LogP contribution in [0.3, 0.4) is 0 Å². The Morgan fingerprint density at radius 2 is 1.95 bits per heavy atom. The van der Waals surface area contributed by atoms with E-state index < -0.39 is 5.60 Å². The minimum absolute atomic E-state index is 0.296. The van der Waals surface area contributed by atoms with Crippen molar-refractivity contribution in [2.24, 2.45) is 0 Å². The van der Waals surface area contributed by atoms with Crippen LogP contribution in [0, 0.1) is 0 Å². The monoisotopic (exact) mass is 554 g/mol. The smallest absolute Gasteiger partial charge is 0.410 e. The van der Waals surface area contributed by atoms with E-state index in [1.807, 2.05) is 62.7 Å². The standard InChI is InChI=1S/C30H30N6O3S/c1-30(2,3)39-29(37)36-12-8-19-4-5-22(14-21(19)18-36)38-24-7-10-33-28-27(24)23(16-35-28)20-6-9-31-25(15-20)34-17-26-32-11-13-40-26/h4-7,9-11,13-16H,8,12,17-18H2,1-3H3,(H,31,34)(H,33,35). The fourth-order valence-electron chi connectivity index (χ4n) is 4.75. The molecule has 1 aromatic carbocycles. The molecular formula is C30H30N6O3S. The van der Waals surface area contributed by atoms with E-state index in [0.29, 0.717) is 31.1 Å². The minimum atomic E-state index is -0.532. The number of hydrogen-bond donors (Lipinski definition) is 2. The van der Waals surface area contributed by atoms with E-state index in [0.717, 1.165) is 45.0 Å². The predicted octanol–water partition coefficient (Wildman–Crippen LogP) is 6.78. The van der Waals surface area contributed by atoms with E-state index in [4.69, 9.17) is 9.47 Å². The number of ether oxygens (including phenoxy) is 2. The Hall–Kier alpha value is -4.44. The van der Waals surface area contributed by atoms with Crippen LogP contribution in [-0.2, 0) is 24.2 Å². The van der Waals surface area contributed by atoms with Gasteiger partial charge in [0.25, 0.3) is 0 Å². The lowest BCUT2D eigenvalue weighted by Gasteiger charge is -2.31. The van der Waals surface area contributed by atoms with Gasteiger partial charge in [-0.25, -0.2) is 19.7 Å². The van der Waals surface area contributed by atoms with Crippen LogP contribution < -0.4 is 10.1 Å². The number of benzene rings is 1. The van der Waals surface area contributed by atoms with Gasteiger partial charge in [0.05, 0.1) is 11.9 Å². The number of nitrogens with zero attached hydrogens (tertiary/aromatic N) is 4. The number of hydrogen-bond acceptors (Lipinski definition) is 8. The summed E-state index contributed by atoms with van der Waals surface area (Å²) in [5.41, 5.74) is 4.42. The molecule has 10 heteroatoms. The van der Waals surface area contributed by atoms with E-state index in [1.165, 1.54) is 5.56 Å². The summed E-state index contributed by atoms with van der Waals surface area (Å²) < 4.78 is 12.0. The molecule has 0 unspecified atom stereocenters. The van der Waals surface area contributed by atoms with Crippen LogP contribution in [0.25, 0.3) is 22.2 Å². The highest BCUT2D eigenvalue weighted by Crippen LogP contribution is 2.38. The molecule has 0 radical (unpaired) electrons. The highest BCUT2D eigenvalue weighted by molar-refractivity contribution is 7.09. The Morgan fingerprint density at radius 1 is 1.07 bits per heavy atom. The number of aromatic nitrogens is 4. The third-order valence-electron chi connectivity index (χ3n) is 6.58. The largest absolute Gasteiger partial charge is 0.457 e. The van der Waals surface area contributed by atoms with E-state index in [9.17, 15) is 4.79 Å². The zero-order chi connectivity index (χ0) is 27.7. The summed E-state index contributed by atoms with van der Waals surface area (Å²) in [6.07, 6.45) is 7.73. The maximum atomic E-state index is 12.7. The molecule has 2 N–H and O–H groups in total. The maximum absolute atomic E-state index is 12.7. The molecule has 1 amide bonds. The summed E-state index contributed by atoms with van der Waals surface area (Å²) in [5, 5.41) is 7.19. The first-order valence-electron chi connectivity index (χ1n) is 13.1. The summed E-state index contributed by atoms with van der Waals surface area (Å²) in [6.45, 7) is 7.37. The molecule has 0 atom stereocenters. The van der Waals surface area contributed by atoms with Gasteiger partial charge in [-0.2, -0.15) is 0 Å². The SMILES string of the molecule is CC(C)(C)OC(=O)N1CCc2ccc(Oc3ccnc4[nH]cc(-c5ccnc(NCc6nccs6)c5)c34)cc2C1. The molecule has 0 saturated carbocycles. The normalized spacial score (nSPS) is 13.2. The second kappa shape index (κ2) is 10.6. The highest BCUT2D eigenvalue weighted by atomic mass is 32.1. The van der Waals surface area contributed by atoms with Crippen molar-refractivity contribution >= 4 is 34.3 Å². The number of anilines is 1. The quantitative estimate of drug-likeness (QED) is 0.238. The van der Waals surface area contributed by atoms with Crippen molar-refractivity contribution in [3.8, 4) is 22.6 Å². The van der Waals surface area contributed by atoms with Gasteiger partial charge in [0, 0.05) is 48.8 Å². The van der Waals surface area contributed by atoms with Gasteiger partial charge in [-0.1, -0.05) is 6.07 Å². The van der Waals surface area contributed by atoms with Crippen molar-refractivity contribution in [3.05, 3.63) is 82.7 Å². The topological polar surface area (TPSA) is 105 Å². The summed E-state index contributed by atoms with van der Waals surface area (Å²) >= 11 is 1.60. The third-order valence-corrected chi connectivity index (χ3v) is 7.36. The molecular weight excluding hydrogens is 524 g/mol. The third kappa shape index (κ3) is 5.62. The van der Waals surface area contributed by atoms with E-state index in [2.05, 4.69) is 31.3 Å². The van der Waals surface area contributed by atoms with Gasteiger partial charge >= 0.3 is 6.09 Å². The molecule has 5 aromatic rings. The Balaban J connectivity index is 1.25. The Morgan fingerprint density at radius 3 is 2.77 bits per heavy atom. The minimum Gasteiger partial charge on any atom is -0.457 e. The number of carbonyl (C=O) groups excluding carboxylic acids is 1. The summed E-state index contributed by atoms with van der Waals surface area (Å²) in [7, 11) is 0. The van der Waals surface area contributed by atoms with Crippen molar-refractivity contribution < 1.29 is 14.3 Å². The fraction of sp³-hybridized carbons (Fsp3) is 0.267. The number of thiazole rings is 1. The average molecular weight is 555 g/mol. The molecule has 9 nitrogen and oxygen atoms in total. The molecule has 5 heterocycles. The van der Waals surface area contributed by atoms with Gasteiger partial charge in [0.1, 0.15) is 33.6 Å². The number of aromatic amines is 1. The molecule has 0 aliphatic carbocycles. The predicted molar refractivity (Wildman–Crippen MR) is 156 cm³/mol. The van der Waals surface area contributed by atoms with Crippen LogP contribution in [0.2, 0.25) is 0 Å². The summed E-state index contributed by atoms with van der Waals surface area (Å²) in [6, 6.07) is 11.9. The summed E-state index contributed by atoms with van der Waals surface area (Å²) in [4.78, 5) is 31.0. The van der Waals surface area contributed by atoms with Gasteiger partial charge in [-0.15, -0.1) is 11.3 Å². The molecule has 0 saturated heterocycles. The Bertz CT molecular complexity index is 1660. The van der Waals surface area contributed by atoms with Gasteiger partial charge in [-0.3, -0.25) is 0 Å². The van der Waals surface area contributed by atoms with Crippen LogP contribution >= 0.6 is 11.3 Å². The average Bonchev–Trinajstić information content (AvgIpc) is 3.62. The summed E-state index contributed by atoms with van der Waals surface area (Å²) in [5.74, 6) is 2.15. The van der Waals surface area contributed by atoms with Gasteiger partial charge in [0.2, 0.25) is 0 Å². The molecule has 1 aliphatic rings. The van der Waals surface area contributed by atoms with Gasteiger partial charge < -0.3 is 24.7 Å². The lowest BCUT2D eigenvalue weighted by atomic mass is 10.00. The lowest BCUT2D eigenvalue weighted by Crippen LogP contribution is -2.39. The number of carbonyl (C=O) groups is 1. The molecule has 4 aromatic heterocycles. The van der Waals surface area contributed by atoms with Crippen molar-refractivity contribution in [1.82, 2.24) is 24.8 Å². The molecule has 40 heavy (non-hydrogen) atoms. The van der Waals surface area contributed by atoms with Gasteiger partial charge in [0.15, 0.2) is 0 Å². The van der Waals surface area contributed by atoms with Crippen molar-refractivity contribution in [1.29, 1.82) is 0 Å². The number of fused-ring (bicyclic) bond motifs is 2. The molecule has 0 bridgehead atoms. The van der Waals surface area contributed by atoms with Crippen LogP contribution in [0.15, 0.2) is 66.6 Å². The van der Waals surface area contributed by atoms with E-state index in [1.54, 1.807) is 34.8 Å². The number of rotatable bonds is 6.